The van der Waals surface area contributed by atoms with Crippen LogP contribution in [-0.4, -0.2) is 46.9 Å². The fourth-order valence-corrected chi connectivity index (χ4v) is 3.68. The summed E-state index contributed by atoms with van der Waals surface area (Å²) in [5.74, 6) is -0.426. The summed E-state index contributed by atoms with van der Waals surface area (Å²) in [5.41, 5.74) is 7.16. The lowest BCUT2D eigenvalue weighted by molar-refractivity contribution is -0.132. The second kappa shape index (κ2) is 10.9. The number of rotatable bonds is 8. The summed E-state index contributed by atoms with van der Waals surface area (Å²) in [6.45, 7) is 3.90. The summed E-state index contributed by atoms with van der Waals surface area (Å²) >= 11 is 0. The highest BCUT2D eigenvalue weighted by Gasteiger charge is 2.27. The van der Waals surface area contributed by atoms with Crippen molar-refractivity contribution in [2.75, 3.05) is 18.8 Å². The molecule has 0 bridgehead atoms. The summed E-state index contributed by atoms with van der Waals surface area (Å²) in [4.78, 5) is 32.0. The first-order valence-corrected chi connectivity index (χ1v) is 10.7. The van der Waals surface area contributed by atoms with Crippen molar-refractivity contribution >= 4 is 17.6 Å². The second-order valence-corrected chi connectivity index (χ2v) is 7.97. The maximum Gasteiger partial charge on any atom is 0.243 e. The third kappa shape index (κ3) is 6.75. The Balaban J connectivity index is 1.66. The number of anilines is 1. The van der Waals surface area contributed by atoms with Crippen LogP contribution in [0.15, 0.2) is 42.6 Å². The van der Waals surface area contributed by atoms with Crippen LogP contribution in [0.2, 0.25) is 0 Å². The van der Waals surface area contributed by atoms with Gasteiger partial charge in [0.15, 0.2) is 0 Å². The normalized spacial score (nSPS) is 16.3. The molecule has 0 aliphatic carbocycles. The Morgan fingerprint density at radius 2 is 1.74 bits per heavy atom. The van der Waals surface area contributed by atoms with Gasteiger partial charge >= 0.3 is 0 Å². The van der Waals surface area contributed by atoms with Gasteiger partial charge in [0.2, 0.25) is 11.8 Å². The predicted octanol–water partition coefficient (Wildman–Crippen LogP) is 2.02. The number of carbonyl (C=O) groups is 2. The molecule has 0 radical (unpaired) electrons. The summed E-state index contributed by atoms with van der Waals surface area (Å²) < 4.78 is 13.3. The topological polar surface area (TPSA) is 100 Å². The Labute approximate surface area is 182 Å². The highest BCUT2D eigenvalue weighted by atomic mass is 19.1. The molecule has 1 aliphatic rings. The molecule has 2 atom stereocenters. The van der Waals surface area contributed by atoms with E-state index in [9.17, 15) is 14.0 Å². The van der Waals surface area contributed by atoms with Crippen LogP contribution >= 0.6 is 0 Å². The van der Waals surface area contributed by atoms with E-state index >= 15 is 0 Å². The van der Waals surface area contributed by atoms with Crippen molar-refractivity contribution in [1.82, 2.24) is 20.5 Å². The maximum absolute atomic E-state index is 13.3. The third-order valence-corrected chi connectivity index (χ3v) is 5.62. The van der Waals surface area contributed by atoms with Gasteiger partial charge in [-0.15, -0.1) is 0 Å². The zero-order valence-corrected chi connectivity index (χ0v) is 17.8. The second-order valence-electron chi connectivity index (χ2n) is 7.97. The lowest BCUT2D eigenvalue weighted by atomic mass is 10.0. The molecule has 1 aromatic carbocycles. The van der Waals surface area contributed by atoms with Gasteiger partial charge in [-0.3, -0.25) is 14.5 Å². The van der Waals surface area contributed by atoms with Crippen LogP contribution < -0.4 is 16.4 Å². The van der Waals surface area contributed by atoms with E-state index in [4.69, 9.17) is 5.73 Å². The number of piperidine rings is 1. The van der Waals surface area contributed by atoms with Gasteiger partial charge in [-0.25, -0.2) is 9.37 Å². The Morgan fingerprint density at radius 3 is 2.39 bits per heavy atom. The molecule has 1 saturated heterocycles. The van der Waals surface area contributed by atoms with Crippen molar-refractivity contribution < 1.29 is 14.0 Å². The number of nitrogens with zero attached hydrogens (tertiary/aromatic N) is 2. The van der Waals surface area contributed by atoms with Crippen molar-refractivity contribution in [3.05, 3.63) is 59.5 Å². The largest absolute Gasteiger partial charge is 0.384 e. The van der Waals surface area contributed by atoms with Crippen LogP contribution in [-0.2, 0) is 22.6 Å². The number of hydrogen-bond acceptors (Lipinski definition) is 5. The van der Waals surface area contributed by atoms with Gasteiger partial charge in [0, 0.05) is 19.2 Å². The van der Waals surface area contributed by atoms with Gasteiger partial charge in [-0.1, -0.05) is 24.6 Å². The van der Waals surface area contributed by atoms with Gasteiger partial charge in [-0.05, 0) is 62.2 Å². The molecule has 1 aromatic heterocycles. The molecule has 0 saturated carbocycles. The molecule has 0 unspecified atom stereocenters. The Bertz CT molecular complexity index is 867. The number of amides is 2. The van der Waals surface area contributed by atoms with E-state index in [0.29, 0.717) is 5.82 Å². The van der Waals surface area contributed by atoms with Gasteiger partial charge in [0.05, 0.1) is 6.04 Å². The number of carbonyl (C=O) groups excluding carboxylic acids is 2. The Morgan fingerprint density at radius 1 is 1.06 bits per heavy atom. The summed E-state index contributed by atoms with van der Waals surface area (Å²) in [6.07, 6.45) is 5.20. The molecule has 7 nitrogen and oxygen atoms in total. The molecule has 4 N–H and O–H groups in total. The van der Waals surface area contributed by atoms with E-state index in [1.165, 1.54) is 18.6 Å². The van der Waals surface area contributed by atoms with Crippen LogP contribution in [0.4, 0.5) is 10.2 Å². The fraction of sp³-hybridized carbons (Fsp3) is 0.435. The molecule has 31 heavy (non-hydrogen) atoms. The smallest absolute Gasteiger partial charge is 0.243 e. The van der Waals surface area contributed by atoms with Crippen molar-refractivity contribution in [2.45, 2.75) is 51.2 Å². The third-order valence-electron chi connectivity index (χ3n) is 5.62. The number of benzene rings is 1. The summed E-state index contributed by atoms with van der Waals surface area (Å²) in [6, 6.07) is 8.32. The number of nitrogens with one attached hydrogen (secondary N) is 2. The quantitative estimate of drug-likeness (QED) is 0.599. The summed E-state index contributed by atoms with van der Waals surface area (Å²) in [7, 11) is 0. The average molecular weight is 428 g/mol. The van der Waals surface area contributed by atoms with E-state index in [0.717, 1.165) is 37.1 Å². The predicted molar refractivity (Wildman–Crippen MR) is 117 cm³/mol. The molecule has 1 fully saturated rings. The van der Waals surface area contributed by atoms with E-state index in [-0.39, 0.29) is 36.6 Å². The molecule has 166 valence electrons. The fourth-order valence-electron chi connectivity index (χ4n) is 3.68. The number of aromatic nitrogens is 1. The Kier molecular flexibility index (Phi) is 7.94. The number of nitrogens with two attached hydrogens (primary N) is 1. The molecule has 8 heteroatoms. The molecule has 2 amide bonds. The lowest BCUT2D eigenvalue weighted by Gasteiger charge is -2.32. The standard InChI is InChI=1S/C23H30FN5O2/c1-16(29-11-3-2-4-12-29)22(30)28-20(13-17-5-8-19(24)9-6-17)23(31)27-15-18-7-10-21(25)26-14-18/h5-10,14,16,20H,2-4,11-13,15H2,1H3,(H2,25,26)(H,27,31)(H,28,30)/t16-,20+/m1/s1. The minimum Gasteiger partial charge on any atom is -0.384 e. The van der Waals surface area contributed by atoms with Crippen molar-refractivity contribution in [3.63, 3.8) is 0 Å². The zero-order valence-electron chi connectivity index (χ0n) is 17.8. The van der Waals surface area contributed by atoms with E-state index in [1.54, 1.807) is 30.5 Å². The first kappa shape index (κ1) is 22.7. The van der Waals surface area contributed by atoms with E-state index < -0.39 is 6.04 Å². The van der Waals surface area contributed by atoms with Crippen molar-refractivity contribution in [3.8, 4) is 0 Å². The van der Waals surface area contributed by atoms with Crippen LogP contribution in [0.3, 0.4) is 0 Å². The number of pyridine rings is 1. The number of likely N-dealkylation sites (tertiary alicyclic amines) is 1. The molecule has 2 aromatic rings. The molecule has 0 spiro atoms. The minimum absolute atomic E-state index is 0.182. The van der Waals surface area contributed by atoms with Crippen LogP contribution in [0.25, 0.3) is 0 Å². The average Bonchev–Trinajstić information content (AvgIpc) is 2.79. The zero-order chi connectivity index (χ0) is 22.2. The first-order valence-electron chi connectivity index (χ1n) is 10.7. The monoisotopic (exact) mass is 427 g/mol. The van der Waals surface area contributed by atoms with Crippen LogP contribution in [0.5, 0.6) is 0 Å². The van der Waals surface area contributed by atoms with Crippen molar-refractivity contribution in [2.24, 2.45) is 0 Å². The van der Waals surface area contributed by atoms with Gasteiger partial charge in [0.1, 0.15) is 17.7 Å². The minimum atomic E-state index is -0.771. The van der Waals surface area contributed by atoms with Crippen LogP contribution in [0, 0.1) is 5.82 Å². The van der Waals surface area contributed by atoms with Crippen molar-refractivity contribution in [1.29, 1.82) is 0 Å². The Hall–Kier alpha value is -3.00. The molecule has 3 rings (SSSR count). The molecule has 1 aliphatic heterocycles. The van der Waals surface area contributed by atoms with Crippen LogP contribution in [0.1, 0.15) is 37.3 Å². The number of nitrogen functional groups attached to an aromatic ring is 1. The molecular weight excluding hydrogens is 397 g/mol. The highest BCUT2D eigenvalue weighted by Crippen LogP contribution is 2.13. The van der Waals surface area contributed by atoms with Gasteiger partial charge in [0.25, 0.3) is 0 Å². The lowest BCUT2D eigenvalue weighted by Crippen LogP contribution is -2.54. The SMILES string of the molecule is C[C@H](C(=O)N[C@@H](Cc1ccc(F)cc1)C(=O)NCc1ccc(N)nc1)N1CCCCC1. The van der Waals surface area contributed by atoms with Gasteiger partial charge < -0.3 is 16.4 Å². The van der Waals surface area contributed by atoms with E-state index in [1.807, 2.05) is 6.92 Å². The molecule has 2 heterocycles. The number of hydrogen-bond donors (Lipinski definition) is 3. The highest BCUT2D eigenvalue weighted by molar-refractivity contribution is 5.89. The van der Waals surface area contributed by atoms with E-state index in [2.05, 4.69) is 20.5 Å². The maximum atomic E-state index is 13.3. The summed E-state index contributed by atoms with van der Waals surface area (Å²) in [5, 5.41) is 5.75. The number of halogens is 1. The first-order chi connectivity index (χ1) is 14.9. The van der Waals surface area contributed by atoms with Gasteiger partial charge in [-0.2, -0.15) is 0 Å². The molecular formula is C23H30FN5O2.